The van der Waals surface area contributed by atoms with Gasteiger partial charge < -0.3 is 18.2 Å². The minimum Gasteiger partial charge on any atom is -0.744 e. The van der Waals surface area contributed by atoms with E-state index in [9.17, 15) is 21.4 Å². The van der Waals surface area contributed by atoms with Crippen molar-refractivity contribution in [3.8, 4) is 5.75 Å². The molecule has 5 aliphatic rings. The van der Waals surface area contributed by atoms with Gasteiger partial charge in [0, 0.05) is 17.0 Å². The van der Waals surface area contributed by atoms with E-state index in [1.165, 1.54) is 12.1 Å². The minimum absolute atomic E-state index is 0.0490. The summed E-state index contributed by atoms with van der Waals surface area (Å²) in [6, 6.07) is 12.4. The molecule has 4 heterocycles. The molecule has 4 saturated heterocycles. The summed E-state index contributed by atoms with van der Waals surface area (Å²) in [5.74, 6) is 0.00692. The lowest BCUT2D eigenvalue weighted by molar-refractivity contribution is 0.00884. The Balaban J connectivity index is 1.35. The zero-order valence-electron chi connectivity index (χ0n) is 22.5. The molecule has 0 radical (unpaired) electrons. The molecule has 0 aromatic heterocycles. The van der Waals surface area contributed by atoms with Crippen LogP contribution >= 0.6 is 0 Å². The van der Waals surface area contributed by atoms with Gasteiger partial charge in [-0.25, -0.2) is 8.42 Å². The summed E-state index contributed by atoms with van der Waals surface area (Å²) >= 11 is 0. The largest absolute Gasteiger partial charge is 0.744 e. The molecule has 8 nitrogen and oxygen atoms in total. The lowest BCUT2D eigenvalue weighted by Gasteiger charge is -2.32. The summed E-state index contributed by atoms with van der Waals surface area (Å²) in [5, 5.41) is 1.82. The average Bonchev–Trinajstić information content (AvgIpc) is 3.78. The van der Waals surface area contributed by atoms with Gasteiger partial charge >= 0.3 is 10.1 Å². The Bertz CT molecular complexity index is 1810. The molecule has 4 bridgehead atoms. The standard InChI is InChI=1S/C31H32O8S2/c32-40(33,34)28-11-10-27(22-6-3-7-23(22)28)39-41(35,36)30-25(24-17-20-8-9-26(24)37-20)16-18-4-1-2-5-21(18)29(30)31-14-12-19(38-31)13-15-31/h1-2,4-5,10-11,16,19-20,24,26H,3,6-9,12-15,17H2,(H,32,33,34)/p-1. The van der Waals surface area contributed by atoms with Crippen LogP contribution in [0.25, 0.3) is 10.8 Å². The van der Waals surface area contributed by atoms with Crippen LogP contribution in [-0.4, -0.2) is 39.7 Å². The molecule has 3 unspecified atom stereocenters. The molecule has 4 aliphatic heterocycles. The van der Waals surface area contributed by atoms with Gasteiger partial charge in [0.25, 0.3) is 0 Å². The van der Waals surface area contributed by atoms with Gasteiger partial charge in [-0.2, -0.15) is 8.42 Å². The molecule has 10 heteroatoms. The van der Waals surface area contributed by atoms with E-state index in [-0.39, 0.29) is 39.8 Å². The predicted molar refractivity (Wildman–Crippen MR) is 148 cm³/mol. The molecule has 3 aromatic rings. The van der Waals surface area contributed by atoms with Gasteiger partial charge in [-0.05, 0) is 104 Å². The Kier molecular flexibility index (Phi) is 5.74. The summed E-state index contributed by atoms with van der Waals surface area (Å²) in [7, 11) is -9.12. The molecule has 4 fully saturated rings. The molecular formula is C31H31O8S2-. The molecule has 3 atom stereocenters. The molecule has 1 aliphatic carbocycles. The van der Waals surface area contributed by atoms with Crippen LogP contribution in [0.1, 0.15) is 79.5 Å². The van der Waals surface area contributed by atoms with Crippen LogP contribution in [0.4, 0.5) is 0 Å². The van der Waals surface area contributed by atoms with Crippen LogP contribution in [-0.2, 0) is 48.2 Å². The van der Waals surface area contributed by atoms with Gasteiger partial charge in [0.05, 0.1) is 28.8 Å². The number of hydrogen-bond donors (Lipinski definition) is 0. The van der Waals surface area contributed by atoms with Crippen molar-refractivity contribution in [1.82, 2.24) is 0 Å². The number of rotatable bonds is 6. The van der Waals surface area contributed by atoms with Crippen molar-refractivity contribution in [3.05, 3.63) is 64.7 Å². The third-order valence-corrected chi connectivity index (χ3v) is 12.3. The normalized spacial score (nSPS) is 30.4. The van der Waals surface area contributed by atoms with E-state index in [0.29, 0.717) is 36.0 Å². The van der Waals surface area contributed by atoms with E-state index < -0.39 is 25.8 Å². The zero-order chi connectivity index (χ0) is 28.1. The lowest BCUT2D eigenvalue weighted by Crippen LogP contribution is -2.29. The lowest BCUT2D eigenvalue weighted by atomic mass is 9.77. The third-order valence-electron chi connectivity index (χ3n) is 10.0. The minimum atomic E-state index is -4.70. The topological polar surface area (TPSA) is 119 Å². The Morgan fingerprint density at radius 2 is 1.68 bits per heavy atom. The van der Waals surface area contributed by atoms with Gasteiger partial charge in [0.1, 0.15) is 20.8 Å². The number of hydrogen-bond acceptors (Lipinski definition) is 8. The molecule has 0 saturated carbocycles. The molecule has 0 amide bonds. The first kappa shape index (κ1) is 26.2. The second-order valence-electron chi connectivity index (χ2n) is 12.3. The van der Waals surface area contributed by atoms with Crippen LogP contribution in [0.2, 0.25) is 0 Å². The van der Waals surface area contributed by atoms with Crippen LogP contribution in [0.5, 0.6) is 5.75 Å². The Morgan fingerprint density at radius 3 is 2.37 bits per heavy atom. The van der Waals surface area contributed by atoms with Crippen molar-refractivity contribution in [3.63, 3.8) is 0 Å². The van der Waals surface area contributed by atoms with E-state index in [1.54, 1.807) is 0 Å². The molecule has 216 valence electrons. The van der Waals surface area contributed by atoms with E-state index in [4.69, 9.17) is 13.7 Å². The summed E-state index contributed by atoms with van der Waals surface area (Å²) in [6.07, 6.45) is 7.51. The summed E-state index contributed by atoms with van der Waals surface area (Å²) in [5.41, 5.74) is 1.53. The van der Waals surface area contributed by atoms with Crippen LogP contribution in [0.15, 0.2) is 52.3 Å². The van der Waals surface area contributed by atoms with Crippen LogP contribution in [0, 0.1) is 0 Å². The highest BCUT2D eigenvalue weighted by Crippen LogP contribution is 2.56. The second-order valence-corrected chi connectivity index (χ2v) is 15.1. The van der Waals surface area contributed by atoms with Gasteiger partial charge in [-0.1, -0.05) is 24.3 Å². The predicted octanol–water partition coefficient (Wildman–Crippen LogP) is 5.20. The molecule has 3 aromatic carbocycles. The third kappa shape index (κ3) is 4.01. The first-order valence-corrected chi connectivity index (χ1v) is 17.4. The van der Waals surface area contributed by atoms with Gasteiger partial charge in [-0.3, -0.25) is 0 Å². The maximum absolute atomic E-state index is 14.7. The fourth-order valence-electron chi connectivity index (χ4n) is 8.35. The molecular weight excluding hydrogens is 564 g/mol. The summed E-state index contributed by atoms with van der Waals surface area (Å²) < 4.78 is 83.9. The average molecular weight is 596 g/mol. The number of fused-ring (bicyclic) bond motifs is 6. The molecule has 0 spiro atoms. The molecule has 0 N–H and O–H groups in total. The van der Waals surface area contributed by atoms with Crippen molar-refractivity contribution in [1.29, 1.82) is 0 Å². The highest BCUT2D eigenvalue weighted by molar-refractivity contribution is 7.87. The van der Waals surface area contributed by atoms with Crippen molar-refractivity contribution in [2.75, 3.05) is 0 Å². The SMILES string of the molecule is O=S(=O)([O-])c1ccc(OS(=O)(=O)c2c(C3CC4CCC3O4)cc3ccccc3c2C23CCC(CC2)O3)c2c1CCC2. The highest BCUT2D eigenvalue weighted by atomic mass is 32.2. The fraction of sp³-hybridized carbons (Fsp3) is 0.484. The van der Waals surface area contributed by atoms with Crippen molar-refractivity contribution in [2.45, 2.75) is 104 Å². The van der Waals surface area contributed by atoms with Gasteiger partial charge in [-0.15, -0.1) is 0 Å². The molecule has 8 rings (SSSR count). The van der Waals surface area contributed by atoms with Crippen molar-refractivity contribution >= 4 is 31.0 Å². The summed E-state index contributed by atoms with van der Waals surface area (Å²) in [4.78, 5) is -0.122. The van der Waals surface area contributed by atoms with E-state index in [1.807, 2.05) is 30.3 Å². The van der Waals surface area contributed by atoms with Gasteiger partial charge in [0.15, 0.2) is 0 Å². The maximum atomic E-state index is 14.7. The number of benzene rings is 3. The van der Waals surface area contributed by atoms with Crippen molar-refractivity contribution < 1.29 is 35.0 Å². The van der Waals surface area contributed by atoms with Crippen LogP contribution in [0.3, 0.4) is 0 Å². The van der Waals surface area contributed by atoms with Crippen molar-refractivity contribution in [2.24, 2.45) is 0 Å². The van der Waals surface area contributed by atoms with E-state index in [0.717, 1.165) is 61.3 Å². The Labute approximate surface area is 239 Å². The quantitative estimate of drug-likeness (QED) is 0.282. The maximum Gasteiger partial charge on any atom is 0.339 e. The monoisotopic (exact) mass is 595 g/mol. The second kappa shape index (κ2) is 9.00. The number of ether oxygens (including phenoxy) is 2. The first-order chi connectivity index (χ1) is 19.6. The fourth-order valence-corrected chi connectivity index (χ4v) is 10.6. The first-order valence-electron chi connectivity index (χ1n) is 14.6. The van der Waals surface area contributed by atoms with E-state index >= 15 is 0 Å². The van der Waals surface area contributed by atoms with E-state index in [2.05, 4.69) is 0 Å². The molecule has 41 heavy (non-hydrogen) atoms. The summed E-state index contributed by atoms with van der Waals surface area (Å²) in [6.45, 7) is 0. The Hall–Kier alpha value is -2.50. The zero-order valence-corrected chi connectivity index (χ0v) is 24.1. The smallest absolute Gasteiger partial charge is 0.339 e. The highest BCUT2D eigenvalue weighted by Gasteiger charge is 2.52. The van der Waals surface area contributed by atoms with Crippen LogP contribution < -0.4 is 4.18 Å². The van der Waals surface area contributed by atoms with Gasteiger partial charge in [0.2, 0.25) is 0 Å². The Morgan fingerprint density at radius 1 is 0.902 bits per heavy atom.